The Morgan fingerprint density at radius 3 is 2.50 bits per heavy atom. The van der Waals surface area contributed by atoms with Gasteiger partial charge in [-0.2, -0.15) is 5.10 Å². The molecule has 0 unspecified atom stereocenters. The average Bonchev–Trinajstić information content (AvgIpc) is 2.75. The molecule has 1 amide bonds. The summed E-state index contributed by atoms with van der Waals surface area (Å²) in [6.45, 7) is 0. The highest BCUT2D eigenvalue weighted by Crippen LogP contribution is 2.26. The van der Waals surface area contributed by atoms with Gasteiger partial charge >= 0.3 is 0 Å². The van der Waals surface area contributed by atoms with E-state index in [2.05, 4.69) is 31.2 Å². The van der Waals surface area contributed by atoms with Crippen molar-refractivity contribution in [2.75, 3.05) is 11.8 Å². The lowest BCUT2D eigenvalue weighted by molar-refractivity contribution is 0.0955. The summed E-state index contributed by atoms with van der Waals surface area (Å²) in [7, 11) is -2.47. The van der Waals surface area contributed by atoms with E-state index in [4.69, 9.17) is 4.74 Å². The molecule has 0 aliphatic carbocycles. The number of benzene rings is 3. The van der Waals surface area contributed by atoms with Crippen LogP contribution in [0.25, 0.3) is 0 Å². The number of methoxy groups -OCH3 is 1. The molecule has 0 aromatic heterocycles. The number of halogens is 1. The third-order valence-corrected chi connectivity index (χ3v) is 5.90. The predicted molar refractivity (Wildman–Crippen MR) is 119 cm³/mol. The number of carbonyl (C=O) groups excluding carboxylic acids is 1. The van der Waals surface area contributed by atoms with Gasteiger partial charge in [0.2, 0.25) is 0 Å². The van der Waals surface area contributed by atoms with Gasteiger partial charge in [-0.3, -0.25) is 9.52 Å². The topological polar surface area (TPSA) is 96.9 Å². The summed E-state index contributed by atoms with van der Waals surface area (Å²) >= 11 is 3.34. The zero-order valence-corrected chi connectivity index (χ0v) is 18.3. The number of sulfonamides is 1. The minimum Gasteiger partial charge on any atom is -0.495 e. The maximum Gasteiger partial charge on any atom is 0.271 e. The van der Waals surface area contributed by atoms with E-state index in [1.54, 1.807) is 24.3 Å². The largest absolute Gasteiger partial charge is 0.495 e. The molecule has 9 heteroatoms. The third-order valence-electron chi connectivity index (χ3n) is 4.01. The summed E-state index contributed by atoms with van der Waals surface area (Å²) in [5.74, 6) is -0.144. The molecule has 0 aliphatic heterocycles. The fourth-order valence-corrected chi connectivity index (χ4v) is 3.90. The van der Waals surface area contributed by atoms with Gasteiger partial charge in [0.25, 0.3) is 15.9 Å². The fourth-order valence-electron chi connectivity index (χ4n) is 2.52. The summed E-state index contributed by atoms with van der Waals surface area (Å²) in [4.78, 5) is 12.3. The molecule has 3 aromatic rings. The number of nitrogens with zero attached hydrogens (tertiary/aromatic N) is 1. The Morgan fingerprint density at radius 1 is 1.03 bits per heavy atom. The van der Waals surface area contributed by atoms with Crippen LogP contribution >= 0.6 is 15.9 Å². The van der Waals surface area contributed by atoms with E-state index < -0.39 is 15.9 Å². The zero-order valence-electron chi connectivity index (χ0n) is 15.9. The molecule has 0 saturated heterocycles. The number of carbonyl (C=O) groups is 1. The lowest BCUT2D eigenvalue weighted by Crippen LogP contribution is -2.19. The highest BCUT2D eigenvalue weighted by Gasteiger charge is 2.18. The smallest absolute Gasteiger partial charge is 0.271 e. The van der Waals surface area contributed by atoms with Crippen molar-refractivity contribution in [3.8, 4) is 5.75 Å². The second-order valence-corrected chi connectivity index (χ2v) is 8.68. The van der Waals surface area contributed by atoms with Gasteiger partial charge in [-0.05, 0) is 48.0 Å². The second kappa shape index (κ2) is 9.55. The minimum absolute atomic E-state index is 0.0575. The number of hydrogen-bond acceptors (Lipinski definition) is 5. The van der Waals surface area contributed by atoms with Gasteiger partial charge in [-0.1, -0.05) is 46.3 Å². The molecule has 0 atom stereocenters. The van der Waals surface area contributed by atoms with Crippen molar-refractivity contribution in [3.63, 3.8) is 0 Å². The Bertz CT molecular complexity index is 1180. The number of rotatable bonds is 7. The molecule has 0 bridgehead atoms. The van der Waals surface area contributed by atoms with Crippen LogP contribution in [-0.2, 0) is 10.0 Å². The van der Waals surface area contributed by atoms with E-state index in [-0.39, 0.29) is 10.5 Å². The lowest BCUT2D eigenvalue weighted by Gasteiger charge is -2.12. The monoisotopic (exact) mass is 487 g/mol. The lowest BCUT2D eigenvalue weighted by atomic mass is 10.2. The van der Waals surface area contributed by atoms with E-state index in [0.717, 1.165) is 10.0 Å². The van der Waals surface area contributed by atoms with E-state index in [1.807, 2.05) is 24.3 Å². The van der Waals surface area contributed by atoms with E-state index in [0.29, 0.717) is 11.4 Å². The molecule has 0 radical (unpaired) electrons. The van der Waals surface area contributed by atoms with E-state index in [9.17, 15) is 13.2 Å². The molecule has 0 fully saturated rings. The first-order valence-corrected chi connectivity index (χ1v) is 11.0. The Hall–Kier alpha value is -3.17. The highest BCUT2D eigenvalue weighted by molar-refractivity contribution is 9.10. The average molecular weight is 488 g/mol. The van der Waals surface area contributed by atoms with Crippen LogP contribution in [0.3, 0.4) is 0 Å². The molecule has 0 spiro atoms. The number of nitrogens with one attached hydrogen (secondary N) is 2. The molecule has 3 rings (SSSR count). The Kier molecular flexibility index (Phi) is 6.86. The predicted octanol–water partition coefficient (Wildman–Crippen LogP) is 4.02. The molecule has 0 saturated carbocycles. The fraction of sp³-hybridized carbons (Fsp3) is 0.0476. The van der Waals surface area contributed by atoms with Crippen molar-refractivity contribution in [3.05, 3.63) is 88.4 Å². The quantitative estimate of drug-likeness (QED) is 0.388. The summed E-state index contributed by atoms with van der Waals surface area (Å²) in [6, 6.07) is 19.7. The van der Waals surface area contributed by atoms with Crippen LogP contribution in [0.5, 0.6) is 5.75 Å². The number of hydrazone groups is 1. The van der Waals surface area contributed by atoms with Crippen molar-refractivity contribution < 1.29 is 17.9 Å². The van der Waals surface area contributed by atoms with E-state index >= 15 is 0 Å². The number of anilines is 1. The van der Waals surface area contributed by atoms with Crippen molar-refractivity contribution in [1.82, 2.24) is 5.43 Å². The summed E-state index contributed by atoms with van der Waals surface area (Å²) in [5, 5.41) is 3.91. The molecular weight excluding hydrogens is 470 g/mol. The molecule has 0 aliphatic rings. The van der Waals surface area contributed by atoms with Crippen LogP contribution in [0.4, 0.5) is 5.69 Å². The standard InChI is InChI=1S/C21H18BrN3O4S/c1-29-20-8-3-2-7-19(20)25-30(27,28)18-6-4-5-16(13-18)21(26)24-23-14-15-9-11-17(22)12-10-15/h2-14,25H,1H3,(H,24,26). The number of para-hydroxylation sites is 2. The summed E-state index contributed by atoms with van der Waals surface area (Å²) in [6.07, 6.45) is 1.49. The van der Waals surface area contributed by atoms with Gasteiger partial charge in [-0.15, -0.1) is 0 Å². The van der Waals surface area contributed by atoms with Crippen LogP contribution < -0.4 is 14.9 Å². The van der Waals surface area contributed by atoms with Gasteiger partial charge in [-0.25, -0.2) is 13.8 Å². The van der Waals surface area contributed by atoms with Gasteiger partial charge in [0, 0.05) is 10.0 Å². The SMILES string of the molecule is COc1ccccc1NS(=O)(=O)c1cccc(C(=O)NN=Cc2ccc(Br)cc2)c1. The van der Waals surface area contributed by atoms with Crippen LogP contribution in [-0.4, -0.2) is 27.6 Å². The highest BCUT2D eigenvalue weighted by atomic mass is 79.9. The molecule has 0 heterocycles. The molecule has 3 aromatic carbocycles. The van der Waals surface area contributed by atoms with Gasteiger partial charge < -0.3 is 4.74 Å². The first-order valence-electron chi connectivity index (χ1n) is 8.74. The van der Waals surface area contributed by atoms with Crippen molar-refractivity contribution >= 4 is 43.8 Å². The van der Waals surface area contributed by atoms with Crippen LogP contribution in [0.15, 0.2) is 87.3 Å². The van der Waals surface area contributed by atoms with Crippen LogP contribution in [0, 0.1) is 0 Å². The van der Waals surface area contributed by atoms with Crippen LogP contribution in [0.1, 0.15) is 15.9 Å². The number of hydrogen-bond donors (Lipinski definition) is 2. The maximum atomic E-state index is 12.7. The maximum absolute atomic E-state index is 12.7. The Balaban J connectivity index is 1.74. The number of ether oxygens (including phenoxy) is 1. The molecule has 7 nitrogen and oxygen atoms in total. The van der Waals surface area contributed by atoms with Crippen molar-refractivity contribution in [2.45, 2.75) is 4.90 Å². The van der Waals surface area contributed by atoms with Crippen molar-refractivity contribution in [1.29, 1.82) is 0 Å². The van der Waals surface area contributed by atoms with Crippen molar-refractivity contribution in [2.24, 2.45) is 5.10 Å². The molecule has 30 heavy (non-hydrogen) atoms. The third kappa shape index (κ3) is 5.46. The molecule has 2 N–H and O–H groups in total. The summed E-state index contributed by atoms with van der Waals surface area (Å²) in [5.41, 5.74) is 3.65. The zero-order chi connectivity index (χ0) is 21.6. The van der Waals surface area contributed by atoms with Gasteiger partial charge in [0.1, 0.15) is 5.75 Å². The van der Waals surface area contributed by atoms with Crippen LogP contribution in [0.2, 0.25) is 0 Å². The minimum atomic E-state index is -3.92. The van der Waals surface area contributed by atoms with Gasteiger partial charge in [0.15, 0.2) is 0 Å². The first-order chi connectivity index (χ1) is 14.4. The van der Waals surface area contributed by atoms with E-state index in [1.165, 1.54) is 37.6 Å². The first kappa shape index (κ1) is 21.5. The number of amides is 1. The summed E-state index contributed by atoms with van der Waals surface area (Å²) < 4.78 is 34.1. The molecule has 154 valence electrons. The van der Waals surface area contributed by atoms with Gasteiger partial charge in [0.05, 0.1) is 23.9 Å². The molecular formula is C21H18BrN3O4S. The second-order valence-electron chi connectivity index (χ2n) is 6.08. The Labute approximate surface area is 183 Å². The Morgan fingerprint density at radius 2 is 1.77 bits per heavy atom. The normalized spacial score (nSPS) is 11.3.